The third kappa shape index (κ3) is 5.26. The first-order valence-electron chi connectivity index (χ1n) is 6.38. The fourth-order valence-corrected chi connectivity index (χ4v) is 3.08. The SMILES string of the molecule is CSC(C)CCNC1CC(C)CC(C)C1. The molecule has 1 fully saturated rings. The number of hydrogen-bond donors (Lipinski definition) is 1. The number of nitrogens with one attached hydrogen (secondary N) is 1. The van der Waals surface area contributed by atoms with E-state index in [2.05, 4.69) is 32.3 Å². The van der Waals surface area contributed by atoms with Crippen molar-refractivity contribution in [2.24, 2.45) is 11.8 Å². The minimum Gasteiger partial charge on any atom is -0.314 e. The van der Waals surface area contributed by atoms with Crippen molar-refractivity contribution in [3.05, 3.63) is 0 Å². The molecular weight excluding hydrogens is 202 g/mol. The quantitative estimate of drug-likeness (QED) is 0.774. The summed E-state index contributed by atoms with van der Waals surface area (Å²) in [6.45, 7) is 8.31. The normalized spacial score (nSPS) is 34.0. The van der Waals surface area contributed by atoms with Crippen LogP contribution in [-0.2, 0) is 0 Å². The molecule has 0 saturated heterocycles. The number of rotatable bonds is 5. The predicted octanol–water partition coefficient (Wildman–Crippen LogP) is 3.54. The van der Waals surface area contributed by atoms with E-state index in [-0.39, 0.29) is 0 Å². The van der Waals surface area contributed by atoms with Gasteiger partial charge in [0.2, 0.25) is 0 Å². The molecule has 3 unspecified atom stereocenters. The van der Waals surface area contributed by atoms with Crippen molar-refractivity contribution in [3.8, 4) is 0 Å². The van der Waals surface area contributed by atoms with E-state index in [0.29, 0.717) is 0 Å². The number of hydrogen-bond acceptors (Lipinski definition) is 2. The van der Waals surface area contributed by atoms with Crippen LogP contribution in [-0.4, -0.2) is 24.1 Å². The summed E-state index contributed by atoms with van der Waals surface area (Å²) in [7, 11) is 0. The summed E-state index contributed by atoms with van der Waals surface area (Å²) >= 11 is 1.97. The monoisotopic (exact) mass is 229 g/mol. The van der Waals surface area contributed by atoms with E-state index in [1.54, 1.807) is 0 Å². The standard InChI is InChI=1S/C13H27NS/c1-10-7-11(2)9-13(8-10)14-6-5-12(3)15-4/h10-14H,5-9H2,1-4H3. The lowest BCUT2D eigenvalue weighted by Crippen LogP contribution is -2.37. The molecule has 0 spiro atoms. The van der Waals surface area contributed by atoms with Gasteiger partial charge in [-0.3, -0.25) is 0 Å². The molecule has 0 amide bonds. The van der Waals surface area contributed by atoms with Gasteiger partial charge in [0.15, 0.2) is 0 Å². The molecule has 1 N–H and O–H groups in total. The van der Waals surface area contributed by atoms with Gasteiger partial charge in [-0.25, -0.2) is 0 Å². The third-order valence-corrected chi connectivity index (χ3v) is 4.61. The average molecular weight is 229 g/mol. The zero-order valence-corrected chi connectivity index (χ0v) is 11.6. The van der Waals surface area contributed by atoms with Crippen LogP contribution in [0, 0.1) is 11.8 Å². The zero-order valence-electron chi connectivity index (χ0n) is 10.8. The van der Waals surface area contributed by atoms with Gasteiger partial charge < -0.3 is 5.32 Å². The first kappa shape index (κ1) is 13.4. The van der Waals surface area contributed by atoms with Gasteiger partial charge in [-0.15, -0.1) is 0 Å². The molecule has 1 aliphatic rings. The lowest BCUT2D eigenvalue weighted by atomic mass is 9.80. The highest BCUT2D eigenvalue weighted by Gasteiger charge is 2.23. The molecule has 2 heteroatoms. The Labute approximate surface area is 99.8 Å². The van der Waals surface area contributed by atoms with Crippen molar-refractivity contribution in [3.63, 3.8) is 0 Å². The van der Waals surface area contributed by atoms with Crippen LogP contribution < -0.4 is 5.32 Å². The molecule has 3 atom stereocenters. The molecule has 0 aromatic carbocycles. The maximum Gasteiger partial charge on any atom is 0.00721 e. The second-order valence-corrected chi connectivity index (χ2v) is 6.68. The molecule has 1 rings (SSSR count). The Kier molecular flexibility index (Phi) is 6.06. The Morgan fingerprint density at radius 2 is 1.80 bits per heavy atom. The molecule has 0 heterocycles. The topological polar surface area (TPSA) is 12.0 Å². The van der Waals surface area contributed by atoms with Crippen LogP contribution in [0.15, 0.2) is 0 Å². The Balaban J connectivity index is 2.15. The molecule has 15 heavy (non-hydrogen) atoms. The Morgan fingerprint density at radius 3 is 2.33 bits per heavy atom. The minimum atomic E-state index is 0.790. The van der Waals surface area contributed by atoms with Crippen molar-refractivity contribution in [2.45, 2.75) is 57.7 Å². The van der Waals surface area contributed by atoms with Gasteiger partial charge in [0.05, 0.1) is 0 Å². The van der Waals surface area contributed by atoms with Gasteiger partial charge in [0, 0.05) is 11.3 Å². The summed E-state index contributed by atoms with van der Waals surface area (Å²) in [5.41, 5.74) is 0. The van der Waals surface area contributed by atoms with E-state index in [0.717, 1.165) is 23.1 Å². The second-order valence-electron chi connectivity index (χ2n) is 5.40. The molecule has 90 valence electrons. The van der Waals surface area contributed by atoms with Crippen molar-refractivity contribution < 1.29 is 0 Å². The van der Waals surface area contributed by atoms with Crippen LogP contribution in [0.2, 0.25) is 0 Å². The first-order chi connectivity index (χ1) is 7.11. The largest absolute Gasteiger partial charge is 0.314 e. The van der Waals surface area contributed by atoms with E-state index in [9.17, 15) is 0 Å². The predicted molar refractivity (Wildman–Crippen MR) is 71.6 cm³/mol. The van der Waals surface area contributed by atoms with Crippen LogP contribution in [0.3, 0.4) is 0 Å². The van der Waals surface area contributed by atoms with E-state index in [1.807, 2.05) is 11.8 Å². The Morgan fingerprint density at radius 1 is 1.20 bits per heavy atom. The summed E-state index contributed by atoms with van der Waals surface area (Å²) in [5, 5.41) is 4.54. The van der Waals surface area contributed by atoms with Gasteiger partial charge in [-0.05, 0) is 50.3 Å². The zero-order chi connectivity index (χ0) is 11.3. The Hall–Kier alpha value is 0.310. The van der Waals surface area contributed by atoms with E-state index < -0.39 is 0 Å². The van der Waals surface area contributed by atoms with Crippen LogP contribution in [0.5, 0.6) is 0 Å². The molecule has 1 aliphatic carbocycles. The molecule has 0 bridgehead atoms. The van der Waals surface area contributed by atoms with Crippen LogP contribution in [0.25, 0.3) is 0 Å². The van der Waals surface area contributed by atoms with Crippen LogP contribution in [0.4, 0.5) is 0 Å². The van der Waals surface area contributed by atoms with Crippen LogP contribution in [0.1, 0.15) is 46.5 Å². The van der Waals surface area contributed by atoms with Gasteiger partial charge >= 0.3 is 0 Å². The van der Waals surface area contributed by atoms with Crippen molar-refractivity contribution in [1.29, 1.82) is 0 Å². The first-order valence-corrected chi connectivity index (χ1v) is 7.66. The molecule has 0 aliphatic heterocycles. The van der Waals surface area contributed by atoms with E-state index in [1.165, 1.54) is 32.2 Å². The molecule has 0 radical (unpaired) electrons. The van der Waals surface area contributed by atoms with Gasteiger partial charge in [-0.2, -0.15) is 11.8 Å². The summed E-state index contributed by atoms with van der Waals surface area (Å²) in [4.78, 5) is 0. The van der Waals surface area contributed by atoms with Gasteiger partial charge in [0.1, 0.15) is 0 Å². The van der Waals surface area contributed by atoms with Gasteiger partial charge in [0.25, 0.3) is 0 Å². The highest BCUT2D eigenvalue weighted by Crippen LogP contribution is 2.28. The molecule has 1 saturated carbocycles. The van der Waals surface area contributed by atoms with Crippen molar-refractivity contribution >= 4 is 11.8 Å². The maximum atomic E-state index is 3.73. The summed E-state index contributed by atoms with van der Waals surface area (Å²) in [5.74, 6) is 1.84. The van der Waals surface area contributed by atoms with Crippen molar-refractivity contribution in [2.75, 3.05) is 12.8 Å². The van der Waals surface area contributed by atoms with E-state index in [4.69, 9.17) is 0 Å². The fraction of sp³-hybridized carbons (Fsp3) is 1.00. The smallest absolute Gasteiger partial charge is 0.00721 e. The summed E-state index contributed by atoms with van der Waals surface area (Å²) in [6, 6.07) is 0.790. The van der Waals surface area contributed by atoms with E-state index >= 15 is 0 Å². The average Bonchev–Trinajstić information content (AvgIpc) is 2.16. The third-order valence-electron chi connectivity index (χ3n) is 3.56. The lowest BCUT2D eigenvalue weighted by Gasteiger charge is -2.32. The highest BCUT2D eigenvalue weighted by molar-refractivity contribution is 7.99. The summed E-state index contributed by atoms with van der Waals surface area (Å²) in [6.07, 6.45) is 7.71. The lowest BCUT2D eigenvalue weighted by molar-refractivity contribution is 0.239. The van der Waals surface area contributed by atoms with Crippen LogP contribution >= 0.6 is 11.8 Å². The molecule has 0 aromatic heterocycles. The second kappa shape index (κ2) is 6.80. The minimum absolute atomic E-state index is 0.790. The van der Waals surface area contributed by atoms with Crippen molar-refractivity contribution in [1.82, 2.24) is 5.32 Å². The fourth-order valence-electron chi connectivity index (χ4n) is 2.72. The summed E-state index contributed by atoms with van der Waals surface area (Å²) < 4.78 is 0. The van der Waals surface area contributed by atoms with Gasteiger partial charge in [-0.1, -0.05) is 20.8 Å². The maximum absolute atomic E-state index is 3.73. The highest BCUT2D eigenvalue weighted by atomic mass is 32.2. The molecule has 1 nitrogen and oxygen atoms in total. The molecular formula is C13H27NS. The number of thioether (sulfide) groups is 1. The molecule has 0 aromatic rings. The Bertz CT molecular complexity index is 162.